The second kappa shape index (κ2) is 7.93. The first kappa shape index (κ1) is 17.4. The molecule has 0 spiro atoms. The lowest BCUT2D eigenvalue weighted by Crippen LogP contribution is -2.15. The molecular formula is C15H22O6. The van der Waals surface area contributed by atoms with Gasteiger partial charge in [-0.1, -0.05) is 26.7 Å². The molecule has 0 saturated heterocycles. The Morgan fingerprint density at radius 2 is 2.00 bits per heavy atom. The monoisotopic (exact) mass is 298 g/mol. The van der Waals surface area contributed by atoms with E-state index in [9.17, 15) is 19.5 Å². The van der Waals surface area contributed by atoms with Gasteiger partial charge in [-0.05, 0) is 12.3 Å². The summed E-state index contributed by atoms with van der Waals surface area (Å²) in [5.74, 6) is -1.21. The molecule has 0 aromatic heterocycles. The molecule has 0 fully saturated rings. The number of hydrogen-bond acceptors (Lipinski definition) is 6. The van der Waals surface area contributed by atoms with Gasteiger partial charge in [-0.2, -0.15) is 0 Å². The van der Waals surface area contributed by atoms with E-state index < -0.39 is 18.2 Å². The van der Waals surface area contributed by atoms with E-state index in [2.05, 4.69) is 18.6 Å². The first-order chi connectivity index (χ1) is 9.82. The van der Waals surface area contributed by atoms with Gasteiger partial charge in [0.2, 0.25) is 6.29 Å². The standard InChI is InChI=1S/C15H22O6/c1-9(2)6-4-5-7-12(17)13-11(8-20-10(3)16)14(18)21-15(13)19/h9,14,18H,4-8H2,1-3H3. The van der Waals surface area contributed by atoms with Gasteiger partial charge in [-0.25, -0.2) is 4.79 Å². The quantitative estimate of drug-likeness (QED) is 0.415. The lowest BCUT2D eigenvalue weighted by molar-refractivity contribution is -0.153. The molecule has 1 heterocycles. The number of Topliss-reactive ketones (excluding diaryl/α,β-unsaturated/α-hetero) is 1. The van der Waals surface area contributed by atoms with Crippen molar-refractivity contribution in [2.75, 3.05) is 6.61 Å². The first-order valence-electron chi connectivity index (χ1n) is 7.11. The molecule has 0 radical (unpaired) electrons. The molecule has 0 bridgehead atoms. The Morgan fingerprint density at radius 1 is 1.33 bits per heavy atom. The van der Waals surface area contributed by atoms with E-state index in [-0.39, 0.29) is 30.0 Å². The lowest BCUT2D eigenvalue weighted by atomic mass is 9.99. The maximum Gasteiger partial charge on any atom is 0.344 e. The van der Waals surface area contributed by atoms with Crippen LogP contribution in [-0.4, -0.2) is 35.7 Å². The topological polar surface area (TPSA) is 89.9 Å². The molecule has 0 aromatic rings. The highest BCUT2D eigenvalue weighted by atomic mass is 16.6. The number of rotatable bonds is 8. The van der Waals surface area contributed by atoms with Crippen molar-refractivity contribution < 1.29 is 29.0 Å². The van der Waals surface area contributed by atoms with Crippen molar-refractivity contribution in [3.63, 3.8) is 0 Å². The second-order valence-corrected chi connectivity index (χ2v) is 5.50. The van der Waals surface area contributed by atoms with Crippen LogP contribution >= 0.6 is 0 Å². The predicted molar refractivity (Wildman–Crippen MR) is 74.1 cm³/mol. The average Bonchev–Trinajstić information content (AvgIpc) is 2.66. The van der Waals surface area contributed by atoms with Crippen LogP contribution in [0.5, 0.6) is 0 Å². The van der Waals surface area contributed by atoms with E-state index in [1.54, 1.807) is 0 Å². The van der Waals surface area contributed by atoms with Crippen molar-refractivity contribution in [3.05, 3.63) is 11.1 Å². The summed E-state index contributed by atoms with van der Waals surface area (Å²) in [7, 11) is 0. The molecule has 0 aliphatic carbocycles. The van der Waals surface area contributed by atoms with Crippen LogP contribution in [0.1, 0.15) is 46.5 Å². The zero-order chi connectivity index (χ0) is 16.0. The van der Waals surface area contributed by atoms with Gasteiger partial charge >= 0.3 is 11.9 Å². The molecule has 1 N–H and O–H groups in total. The maximum absolute atomic E-state index is 12.1. The number of aliphatic hydroxyl groups excluding tert-OH is 1. The average molecular weight is 298 g/mol. The van der Waals surface area contributed by atoms with Crippen LogP contribution in [0, 0.1) is 5.92 Å². The van der Waals surface area contributed by atoms with Crippen LogP contribution in [0.4, 0.5) is 0 Å². The van der Waals surface area contributed by atoms with Crippen molar-refractivity contribution in [2.24, 2.45) is 5.92 Å². The van der Waals surface area contributed by atoms with Crippen molar-refractivity contribution in [3.8, 4) is 0 Å². The van der Waals surface area contributed by atoms with E-state index in [0.29, 0.717) is 12.3 Å². The molecule has 0 saturated carbocycles. The zero-order valence-corrected chi connectivity index (χ0v) is 12.7. The minimum absolute atomic E-state index is 0.0315. The highest BCUT2D eigenvalue weighted by Gasteiger charge is 2.36. The molecule has 6 nitrogen and oxygen atoms in total. The molecule has 6 heteroatoms. The highest BCUT2D eigenvalue weighted by molar-refractivity contribution is 6.19. The Hall–Kier alpha value is -1.69. The summed E-state index contributed by atoms with van der Waals surface area (Å²) < 4.78 is 9.36. The number of esters is 2. The number of aliphatic hydroxyl groups is 1. The van der Waals surface area contributed by atoms with Gasteiger partial charge in [0.1, 0.15) is 12.2 Å². The second-order valence-electron chi connectivity index (χ2n) is 5.50. The number of ketones is 1. The third kappa shape index (κ3) is 5.30. The van der Waals surface area contributed by atoms with Crippen LogP contribution in [0.15, 0.2) is 11.1 Å². The summed E-state index contributed by atoms with van der Waals surface area (Å²) in [5.41, 5.74) is -0.141. The van der Waals surface area contributed by atoms with E-state index in [4.69, 9.17) is 4.74 Å². The van der Waals surface area contributed by atoms with Gasteiger partial charge in [0.25, 0.3) is 0 Å². The number of hydrogen-bond donors (Lipinski definition) is 1. The van der Waals surface area contributed by atoms with E-state index in [1.165, 1.54) is 6.92 Å². The Kier molecular flexibility index (Phi) is 6.55. The molecule has 1 atom stereocenters. The van der Waals surface area contributed by atoms with E-state index in [1.807, 2.05) is 0 Å². The number of carbonyl (C=O) groups excluding carboxylic acids is 3. The summed E-state index contributed by atoms with van der Waals surface area (Å²) in [6.45, 7) is 5.10. The van der Waals surface area contributed by atoms with Crippen LogP contribution in [-0.2, 0) is 23.9 Å². The summed E-state index contributed by atoms with van der Waals surface area (Å²) in [5, 5.41) is 9.59. The number of unbranched alkanes of at least 4 members (excludes halogenated alkanes) is 1. The van der Waals surface area contributed by atoms with Crippen LogP contribution in [0.2, 0.25) is 0 Å². The molecule has 21 heavy (non-hydrogen) atoms. The molecule has 0 aromatic carbocycles. The molecule has 118 valence electrons. The van der Waals surface area contributed by atoms with Crippen molar-refractivity contribution >= 4 is 17.7 Å². The minimum Gasteiger partial charge on any atom is -0.461 e. The van der Waals surface area contributed by atoms with Crippen molar-refractivity contribution in [2.45, 2.75) is 52.7 Å². The molecule has 0 amide bonds. The number of carbonyl (C=O) groups is 3. The van der Waals surface area contributed by atoms with Gasteiger partial charge in [0.05, 0.1) is 5.57 Å². The molecular weight excluding hydrogens is 276 g/mol. The van der Waals surface area contributed by atoms with Gasteiger partial charge in [0.15, 0.2) is 5.78 Å². The summed E-state index contributed by atoms with van der Waals surface area (Å²) in [6.07, 6.45) is 1.29. The summed E-state index contributed by atoms with van der Waals surface area (Å²) in [4.78, 5) is 34.5. The Labute approximate surface area is 124 Å². The SMILES string of the molecule is CC(=O)OCC1=C(C(=O)CCCCC(C)C)C(=O)OC1O. The third-order valence-corrected chi connectivity index (χ3v) is 3.19. The fourth-order valence-corrected chi connectivity index (χ4v) is 2.06. The minimum atomic E-state index is -1.51. The molecule has 1 aliphatic rings. The third-order valence-electron chi connectivity index (χ3n) is 3.19. The van der Waals surface area contributed by atoms with E-state index in [0.717, 1.165) is 12.8 Å². The molecule has 1 unspecified atom stereocenters. The normalized spacial score (nSPS) is 18.1. The van der Waals surface area contributed by atoms with Crippen molar-refractivity contribution in [1.82, 2.24) is 0 Å². The first-order valence-corrected chi connectivity index (χ1v) is 7.11. The summed E-state index contributed by atoms with van der Waals surface area (Å²) >= 11 is 0. The number of ether oxygens (including phenoxy) is 2. The fraction of sp³-hybridized carbons (Fsp3) is 0.667. The highest BCUT2D eigenvalue weighted by Crippen LogP contribution is 2.24. The molecule has 1 rings (SSSR count). The maximum atomic E-state index is 12.1. The van der Waals surface area contributed by atoms with Gasteiger partial charge < -0.3 is 14.6 Å². The molecule has 1 aliphatic heterocycles. The van der Waals surface area contributed by atoms with E-state index >= 15 is 0 Å². The summed E-state index contributed by atoms with van der Waals surface area (Å²) in [6, 6.07) is 0. The predicted octanol–water partition coefficient (Wildman–Crippen LogP) is 1.51. The van der Waals surface area contributed by atoms with Crippen LogP contribution in [0.25, 0.3) is 0 Å². The fourth-order valence-electron chi connectivity index (χ4n) is 2.06. The lowest BCUT2D eigenvalue weighted by Gasteiger charge is -2.07. The van der Waals surface area contributed by atoms with Crippen LogP contribution < -0.4 is 0 Å². The zero-order valence-electron chi connectivity index (χ0n) is 12.7. The van der Waals surface area contributed by atoms with Gasteiger partial charge in [-0.15, -0.1) is 0 Å². The number of cyclic esters (lactones) is 1. The smallest absolute Gasteiger partial charge is 0.344 e. The van der Waals surface area contributed by atoms with Crippen molar-refractivity contribution in [1.29, 1.82) is 0 Å². The van der Waals surface area contributed by atoms with Gasteiger partial charge in [0, 0.05) is 13.3 Å². The van der Waals surface area contributed by atoms with Crippen LogP contribution in [0.3, 0.4) is 0 Å². The Morgan fingerprint density at radius 3 is 2.57 bits per heavy atom. The largest absolute Gasteiger partial charge is 0.461 e. The van der Waals surface area contributed by atoms with Gasteiger partial charge in [-0.3, -0.25) is 9.59 Å². The Bertz CT molecular complexity index is 449. The Balaban J connectivity index is 2.67.